The third kappa shape index (κ3) is 4.07. The number of nitrogens with one attached hydrogen (secondary N) is 2. The molecule has 0 bridgehead atoms. The van der Waals surface area contributed by atoms with Gasteiger partial charge >= 0.3 is 11.4 Å². The average molecular weight is 436 g/mol. The second-order valence-corrected chi connectivity index (χ2v) is 7.70. The number of carbonyl (C=O) groups excluding carboxylic acids is 2. The number of aromatic amines is 2. The predicted octanol–water partition coefficient (Wildman–Crippen LogP) is 0.590. The zero-order valence-corrected chi connectivity index (χ0v) is 17.9. The molecule has 0 saturated heterocycles. The number of para-hydroxylation sites is 4. The van der Waals surface area contributed by atoms with Crippen molar-refractivity contribution < 1.29 is 9.59 Å². The lowest BCUT2D eigenvalue weighted by Crippen LogP contribution is -2.41. The van der Waals surface area contributed by atoms with Crippen molar-refractivity contribution in [2.45, 2.75) is 13.1 Å². The van der Waals surface area contributed by atoms with Crippen LogP contribution < -0.4 is 11.4 Å². The quantitative estimate of drug-likeness (QED) is 0.441. The number of hydrogen-bond donors (Lipinski definition) is 2. The number of nitrogens with zero attached hydrogens (tertiary/aromatic N) is 4. The number of aromatic nitrogens is 4. The number of benzene rings is 2. The van der Waals surface area contributed by atoms with Crippen molar-refractivity contribution in [2.75, 3.05) is 27.2 Å². The molecular formula is C22H24N6O4. The van der Waals surface area contributed by atoms with Crippen LogP contribution >= 0.6 is 0 Å². The van der Waals surface area contributed by atoms with Crippen molar-refractivity contribution in [3.05, 3.63) is 69.5 Å². The molecule has 0 fully saturated rings. The molecule has 4 rings (SSSR count). The normalized spacial score (nSPS) is 11.2. The fourth-order valence-corrected chi connectivity index (χ4v) is 3.59. The summed E-state index contributed by atoms with van der Waals surface area (Å²) in [6.07, 6.45) is 0. The van der Waals surface area contributed by atoms with Crippen LogP contribution in [0.15, 0.2) is 58.1 Å². The fourth-order valence-electron chi connectivity index (χ4n) is 3.59. The van der Waals surface area contributed by atoms with Crippen LogP contribution in [0.3, 0.4) is 0 Å². The highest BCUT2D eigenvalue weighted by atomic mass is 16.2. The second-order valence-electron chi connectivity index (χ2n) is 7.70. The van der Waals surface area contributed by atoms with Crippen LogP contribution in [0.4, 0.5) is 0 Å². The van der Waals surface area contributed by atoms with Gasteiger partial charge in [-0.15, -0.1) is 0 Å². The van der Waals surface area contributed by atoms with Gasteiger partial charge in [0.25, 0.3) is 0 Å². The van der Waals surface area contributed by atoms with E-state index in [1.165, 1.54) is 18.9 Å². The Labute approximate surface area is 182 Å². The van der Waals surface area contributed by atoms with Gasteiger partial charge in [-0.1, -0.05) is 24.3 Å². The topological polar surface area (TPSA) is 116 Å². The maximum absolute atomic E-state index is 12.6. The lowest BCUT2D eigenvalue weighted by Gasteiger charge is -2.22. The Kier molecular flexibility index (Phi) is 5.67. The van der Waals surface area contributed by atoms with Crippen LogP contribution in [-0.2, 0) is 22.7 Å². The molecule has 0 spiro atoms. The minimum Gasteiger partial charge on any atom is -0.342 e. The summed E-state index contributed by atoms with van der Waals surface area (Å²) in [6, 6.07) is 14.3. The summed E-state index contributed by atoms with van der Waals surface area (Å²) >= 11 is 0. The Hall–Kier alpha value is -4.08. The van der Waals surface area contributed by atoms with Crippen molar-refractivity contribution in [3.8, 4) is 0 Å². The van der Waals surface area contributed by atoms with E-state index >= 15 is 0 Å². The molecular weight excluding hydrogens is 412 g/mol. The van der Waals surface area contributed by atoms with E-state index in [1.807, 2.05) is 12.1 Å². The Balaban J connectivity index is 1.36. The number of H-pyrrole nitrogens is 2. The van der Waals surface area contributed by atoms with Crippen molar-refractivity contribution in [2.24, 2.45) is 0 Å². The Morgan fingerprint density at radius 3 is 1.50 bits per heavy atom. The summed E-state index contributed by atoms with van der Waals surface area (Å²) in [4.78, 5) is 58.0. The second kappa shape index (κ2) is 8.58. The molecule has 0 aliphatic carbocycles. The van der Waals surface area contributed by atoms with Gasteiger partial charge in [-0.25, -0.2) is 9.59 Å². The van der Waals surface area contributed by atoms with Crippen LogP contribution in [0.2, 0.25) is 0 Å². The first-order valence-corrected chi connectivity index (χ1v) is 10.2. The molecule has 2 aromatic heterocycles. The number of amides is 2. The SMILES string of the molecule is CN(CCN(C)C(=O)Cn1c(=O)[nH]c2ccccc21)C(=O)Cn1c(=O)[nH]c2ccccc21. The first-order valence-electron chi connectivity index (χ1n) is 10.2. The van der Waals surface area contributed by atoms with Gasteiger partial charge in [0, 0.05) is 27.2 Å². The number of imidazole rings is 2. The fraction of sp³-hybridized carbons (Fsp3) is 0.273. The van der Waals surface area contributed by atoms with Crippen LogP contribution in [-0.4, -0.2) is 67.9 Å². The number of rotatable bonds is 7. The summed E-state index contributed by atoms with van der Waals surface area (Å²) in [7, 11) is 3.26. The molecule has 0 aliphatic rings. The van der Waals surface area contributed by atoms with E-state index in [0.29, 0.717) is 35.2 Å². The first-order chi connectivity index (χ1) is 15.3. The van der Waals surface area contributed by atoms with Gasteiger partial charge in [0.05, 0.1) is 22.1 Å². The van der Waals surface area contributed by atoms with E-state index in [9.17, 15) is 19.2 Å². The molecule has 0 radical (unpaired) electrons. The van der Waals surface area contributed by atoms with Gasteiger partial charge in [0.1, 0.15) is 13.1 Å². The largest absolute Gasteiger partial charge is 0.342 e. The molecule has 166 valence electrons. The van der Waals surface area contributed by atoms with E-state index in [4.69, 9.17) is 0 Å². The molecule has 2 amide bonds. The highest BCUT2D eigenvalue weighted by Gasteiger charge is 2.17. The van der Waals surface area contributed by atoms with Gasteiger partial charge < -0.3 is 19.8 Å². The lowest BCUT2D eigenvalue weighted by atomic mass is 10.3. The number of likely N-dealkylation sites (N-methyl/N-ethyl adjacent to an activating group) is 2. The smallest absolute Gasteiger partial charge is 0.326 e. The van der Waals surface area contributed by atoms with Crippen molar-refractivity contribution in [3.63, 3.8) is 0 Å². The molecule has 10 nitrogen and oxygen atoms in total. The van der Waals surface area contributed by atoms with E-state index in [1.54, 1.807) is 50.5 Å². The minimum absolute atomic E-state index is 0.0955. The van der Waals surface area contributed by atoms with Crippen molar-refractivity contribution >= 4 is 33.9 Å². The third-order valence-corrected chi connectivity index (χ3v) is 5.57. The number of hydrogen-bond acceptors (Lipinski definition) is 4. The summed E-state index contributed by atoms with van der Waals surface area (Å²) in [5, 5.41) is 0. The summed E-state index contributed by atoms with van der Waals surface area (Å²) in [6.45, 7) is 0.394. The number of fused-ring (bicyclic) bond motifs is 2. The molecule has 0 atom stereocenters. The molecule has 4 aromatic rings. The van der Waals surface area contributed by atoms with Crippen molar-refractivity contribution in [1.29, 1.82) is 0 Å². The van der Waals surface area contributed by atoms with Gasteiger partial charge in [0.15, 0.2) is 0 Å². The first kappa shape index (κ1) is 21.2. The van der Waals surface area contributed by atoms with E-state index in [2.05, 4.69) is 9.97 Å². The highest BCUT2D eigenvalue weighted by molar-refractivity contribution is 5.81. The molecule has 32 heavy (non-hydrogen) atoms. The summed E-state index contributed by atoms with van der Waals surface area (Å²) in [5.74, 6) is -0.490. The van der Waals surface area contributed by atoms with Crippen molar-refractivity contribution in [1.82, 2.24) is 28.9 Å². The number of carbonyl (C=O) groups is 2. The van der Waals surface area contributed by atoms with E-state index in [-0.39, 0.29) is 36.3 Å². The maximum atomic E-state index is 12.6. The average Bonchev–Trinajstić information content (AvgIpc) is 3.27. The van der Waals surface area contributed by atoms with Crippen LogP contribution in [0.5, 0.6) is 0 Å². The van der Waals surface area contributed by atoms with Crippen LogP contribution in [0.25, 0.3) is 22.1 Å². The maximum Gasteiger partial charge on any atom is 0.326 e. The van der Waals surface area contributed by atoms with Crippen LogP contribution in [0.1, 0.15) is 0 Å². The zero-order valence-electron chi connectivity index (χ0n) is 17.9. The standard InChI is InChI=1S/C22H24N6O4/c1-25(19(29)13-27-17-9-5-3-7-15(17)23-21(27)31)11-12-26(2)20(30)14-28-18-10-6-4-8-16(18)24-22(28)32/h3-10H,11-14H2,1-2H3,(H,23,31)(H,24,32). The molecule has 2 heterocycles. The molecule has 0 unspecified atom stereocenters. The molecule has 2 aromatic carbocycles. The predicted molar refractivity (Wildman–Crippen MR) is 120 cm³/mol. The molecule has 2 N–H and O–H groups in total. The summed E-state index contributed by atoms with van der Waals surface area (Å²) < 4.78 is 2.79. The van der Waals surface area contributed by atoms with Gasteiger partial charge in [0.2, 0.25) is 11.8 Å². The monoisotopic (exact) mass is 436 g/mol. The Bertz CT molecular complexity index is 1300. The van der Waals surface area contributed by atoms with Gasteiger partial charge in [-0.2, -0.15) is 0 Å². The third-order valence-electron chi connectivity index (χ3n) is 5.57. The van der Waals surface area contributed by atoms with Crippen LogP contribution in [0, 0.1) is 0 Å². The minimum atomic E-state index is -0.343. The molecule has 0 aliphatic heterocycles. The van der Waals surface area contributed by atoms with Gasteiger partial charge in [-0.3, -0.25) is 18.7 Å². The van der Waals surface area contributed by atoms with Gasteiger partial charge in [-0.05, 0) is 24.3 Å². The molecule has 0 saturated carbocycles. The van der Waals surface area contributed by atoms with E-state index < -0.39 is 0 Å². The molecule has 10 heteroatoms. The highest BCUT2D eigenvalue weighted by Crippen LogP contribution is 2.10. The zero-order chi connectivity index (χ0) is 22.8. The Morgan fingerprint density at radius 1 is 0.719 bits per heavy atom. The Morgan fingerprint density at radius 2 is 1.09 bits per heavy atom. The summed E-state index contributed by atoms with van der Waals surface area (Å²) in [5.41, 5.74) is 1.98. The lowest BCUT2D eigenvalue weighted by molar-refractivity contribution is -0.134. The van der Waals surface area contributed by atoms with E-state index in [0.717, 1.165) is 0 Å².